The van der Waals surface area contributed by atoms with Crippen molar-refractivity contribution in [3.8, 4) is 11.3 Å². The SMILES string of the molecule is O=Cc1ccc(-c2ccc(CN3CCS(=O)(=O)CC3)cc2)o1. The highest BCUT2D eigenvalue weighted by atomic mass is 32.2. The lowest BCUT2D eigenvalue weighted by Crippen LogP contribution is -2.39. The van der Waals surface area contributed by atoms with Gasteiger partial charge in [0.2, 0.25) is 0 Å². The third kappa shape index (κ3) is 3.45. The molecule has 0 saturated carbocycles. The number of hydrogen-bond donors (Lipinski definition) is 0. The summed E-state index contributed by atoms with van der Waals surface area (Å²) in [7, 11) is -2.83. The summed E-state index contributed by atoms with van der Waals surface area (Å²) >= 11 is 0. The summed E-state index contributed by atoms with van der Waals surface area (Å²) in [4.78, 5) is 12.8. The van der Waals surface area contributed by atoms with Crippen LogP contribution in [0.25, 0.3) is 11.3 Å². The number of benzene rings is 1. The first-order chi connectivity index (χ1) is 10.6. The lowest BCUT2D eigenvalue weighted by molar-refractivity contribution is 0.110. The third-order valence-corrected chi connectivity index (χ3v) is 5.43. The molecule has 0 aliphatic carbocycles. The summed E-state index contributed by atoms with van der Waals surface area (Å²) in [5, 5.41) is 0. The van der Waals surface area contributed by atoms with Crippen molar-refractivity contribution in [3.05, 3.63) is 47.7 Å². The van der Waals surface area contributed by atoms with Crippen molar-refractivity contribution in [2.75, 3.05) is 24.6 Å². The van der Waals surface area contributed by atoms with Gasteiger partial charge in [-0.1, -0.05) is 24.3 Å². The summed E-state index contributed by atoms with van der Waals surface area (Å²) in [6.07, 6.45) is 0.683. The van der Waals surface area contributed by atoms with E-state index in [-0.39, 0.29) is 11.5 Å². The van der Waals surface area contributed by atoms with E-state index in [2.05, 4.69) is 4.90 Å². The normalized spacial score (nSPS) is 18.2. The van der Waals surface area contributed by atoms with Crippen molar-refractivity contribution >= 4 is 16.1 Å². The Morgan fingerprint density at radius 1 is 1.05 bits per heavy atom. The number of aldehydes is 1. The zero-order valence-electron chi connectivity index (χ0n) is 12.1. The fourth-order valence-electron chi connectivity index (χ4n) is 2.51. The molecule has 0 N–H and O–H groups in total. The first kappa shape index (κ1) is 15.0. The highest BCUT2D eigenvalue weighted by Gasteiger charge is 2.21. The maximum absolute atomic E-state index is 11.4. The first-order valence-electron chi connectivity index (χ1n) is 7.13. The van der Waals surface area contributed by atoms with E-state index in [1.807, 2.05) is 24.3 Å². The maximum Gasteiger partial charge on any atom is 0.185 e. The van der Waals surface area contributed by atoms with E-state index in [0.717, 1.165) is 17.7 Å². The van der Waals surface area contributed by atoms with Crippen LogP contribution in [-0.4, -0.2) is 44.2 Å². The Hall–Kier alpha value is -1.92. The van der Waals surface area contributed by atoms with Gasteiger partial charge in [0.25, 0.3) is 0 Å². The molecule has 1 aliphatic heterocycles. The number of carbonyl (C=O) groups excluding carboxylic acids is 1. The van der Waals surface area contributed by atoms with Crippen molar-refractivity contribution in [1.29, 1.82) is 0 Å². The molecule has 0 bridgehead atoms. The standard InChI is InChI=1S/C16H17NO4S/c18-12-15-5-6-16(21-15)14-3-1-13(2-4-14)11-17-7-9-22(19,20)10-8-17/h1-6,12H,7-11H2. The van der Waals surface area contributed by atoms with Crippen LogP contribution in [0, 0.1) is 0 Å². The van der Waals surface area contributed by atoms with Crippen molar-refractivity contribution in [2.45, 2.75) is 6.54 Å². The monoisotopic (exact) mass is 319 g/mol. The minimum absolute atomic E-state index is 0.242. The van der Waals surface area contributed by atoms with Crippen LogP contribution in [0.4, 0.5) is 0 Å². The summed E-state index contributed by atoms with van der Waals surface area (Å²) in [6.45, 7) is 1.92. The predicted molar refractivity (Wildman–Crippen MR) is 83.5 cm³/mol. The molecule has 0 atom stereocenters. The number of nitrogens with zero attached hydrogens (tertiary/aromatic N) is 1. The van der Waals surface area contributed by atoms with Gasteiger partial charge >= 0.3 is 0 Å². The molecule has 22 heavy (non-hydrogen) atoms. The Kier molecular flexibility index (Phi) is 4.13. The van der Waals surface area contributed by atoms with E-state index in [4.69, 9.17) is 4.42 Å². The third-order valence-electron chi connectivity index (χ3n) is 3.82. The maximum atomic E-state index is 11.4. The fourth-order valence-corrected chi connectivity index (χ4v) is 3.79. The van der Waals surface area contributed by atoms with Gasteiger partial charge in [-0.3, -0.25) is 9.69 Å². The fraction of sp³-hybridized carbons (Fsp3) is 0.312. The highest BCUT2D eigenvalue weighted by molar-refractivity contribution is 7.91. The van der Waals surface area contributed by atoms with E-state index in [0.29, 0.717) is 30.9 Å². The van der Waals surface area contributed by atoms with Gasteiger partial charge in [-0.2, -0.15) is 0 Å². The molecular formula is C16H17NO4S. The second-order valence-corrected chi connectivity index (χ2v) is 7.75. The molecule has 5 nitrogen and oxygen atoms in total. The Bertz CT molecular complexity index is 748. The largest absolute Gasteiger partial charge is 0.453 e. The molecule has 3 rings (SSSR count). The number of hydrogen-bond acceptors (Lipinski definition) is 5. The van der Waals surface area contributed by atoms with Gasteiger partial charge in [0, 0.05) is 25.2 Å². The van der Waals surface area contributed by atoms with Gasteiger partial charge in [0.15, 0.2) is 21.9 Å². The van der Waals surface area contributed by atoms with Crippen LogP contribution in [0.1, 0.15) is 16.1 Å². The smallest absolute Gasteiger partial charge is 0.185 e. The molecule has 2 aromatic rings. The van der Waals surface area contributed by atoms with E-state index in [9.17, 15) is 13.2 Å². The van der Waals surface area contributed by atoms with Crippen molar-refractivity contribution in [1.82, 2.24) is 4.90 Å². The summed E-state index contributed by atoms with van der Waals surface area (Å²) in [5.41, 5.74) is 2.04. The second-order valence-electron chi connectivity index (χ2n) is 5.44. The molecule has 1 saturated heterocycles. The van der Waals surface area contributed by atoms with Crippen LogP contribution in [0.2, 0.25) is 0 Å². The van der Waals surface area contributed by atoms with Crippen LogP contribution in [-0.2, 0) is 16.4 Å². The minimum Gasteiger partial charge on any atom is -0.453 e. The molecule has 6 heteroatoms. The second kappa shape index (κ2) is 6.06. The van der Waals surface area contributed by atoms with Gasteiger partial charge in [-0.25, -0.2) is 8.42 Å². The molecule has 1 aromatic heterocycles. The molecule has 0 spiro atoms. The lowest BCUT2D eigenvalue weighted by Gasteiger charge is -2.26. The van der Waals surface area contributed by atoms with E-state index in [1.54, 1.807) is 12.1 Å². The van der Waals surface area contributed by atoms with E-state index in [1.165, 1.54) is 0 Å². The van der Waals surface area contributed by atoms with Crippen LogP contribution < -0.4 is 0 Å². The summed E-state index contributed by atoms with van der Waals surface area (Å²) in [6, 6.07) is 11.3. The van der Waals surface area contributed by atoms with Crippen molar-refractivity contribution in [3.63, 3.8) is 0 Å². The highest BCUT2D eigenvalue weighted by Crippen LogP contribution is 2.22. The van der Waals surface area contributed by atoms with Gasteiger partial charge in [-0.15, -0.1) is 0 Å². The van der Waals surface area contributed by atoms with Crippen LogP contribution >= 0.6 is 0 Å². The molecule has 116 valence electrons. The summed E-state index contributed by atoms with van der Waals surface area (Å²) in [5.74, 6) is 1.46. The lowest BCUT2D eigenvalue weighted by atomic mass is 10.1. The van der Waals surface area contributed by atoms with Crippen LogP contribution in [0.5, 0.6) is 0 Å². The Balaban J connectivity index is 1.65. The topological polar surface area (TPSA) is 67.6 Å². The number of sulfone groups is 1. The average molecular weight is 319 g/mol. The summed E-state index contributed by atoms with van der Waals surface area (Å²) < 4.78 is 28.2. The first-order valence-corrected chi connectivity index (χ1v) is 8.95. The molecule has 1 aromatic carbocycles. The quantitative estimate of drug-likeness (QED) is 0.806. The molecular weight excluding hydrogens is 302 g/mol. The van der Waals surface area contributed by atoms with Crippen molar-refractivity contribution in [2.24, 2.45) is 0 Å². The van der Waals surface area contributed by atoms with Crippen molar-refractivity contribution < 1.29 is 17.6 Å². The molecule has 2 heterocycles. The zero-order valence-corrected chi connectivity index (χ0v) is 12.9. The van der Waals surface area contributed by atoms with Gasteiger partial charge in [0.05, 0.1) is 11.5 Å². The van der Waals surface area contributed by atoms with E-state index < -0.39 is 9.84 Å². The van der Waals surface area contributed by atoms with Gasteiger partial charge < -0.3 is 4.42 Å². The van der Waals surface area contributed by atoms with E-state index >= 15 is 0 Å². The Labute approximate surface area is 129 Å². The molecule has 0 amide bonds. The number of furan rings is 1. The van der Waals surface area contributed by atoms with Gasteiger partial charge in [-0.05, 0) is 17.7 Å². The van der Waals surface area contributed by atoms with Crippen LogP contribution in [0.15, 0.2) is 40.8 Å². The zero-order chi connectivity index (χ0) is 15.6. The molecule has 0 unspecified atom stereocenters. The molecule has 1 fully saturated rings. The average Bonchev–Trinajstić information content (AvgIpc) is 2.99. The van der Waals surface area contributed by atoms with Gasteiger partial charge in [0.1, 0.15) is 5.76 Å². The molecule has 0 radical (unpaired) electrons. The minimum atomic E-state index is -2.83. The Morgan fingerprint density at radius 3 is 2.32 bits per heavy atom. The van der Waals surface area contributed by atoms with Crippen LogP contribution in [0.3, 0.4) is 0 Å². The predicted octanol–water partition coefficient (Wildman–Crippen LogP) is 1.99. The molecule has 1 aliphatic rings. The Morgan fingerprint density at radius 2 is 1.73 bits per heavy atom. The number of rotatable bonds is 4. The number of carbonyl (C=O) groups is 1.